The maximum absolute atomic E-state index is 12.9. The average molecular weight is 508 g/mol. The van der Waals surface area contributed by atoms with Gasteiger partial charge in [0.25, 0.3) is 11.8 Å². The minimum Gasteiger partial charge on any atom is -0.382 e. The van der Waals surface area contributed by atoms with E-state index in [1.165, 1.54) is 0 Å². The second-order valence-corrected chi connectivity index (χ2v) is 9.21. The number of hydrogen-bond acceptors (Lipinski definition) is 6. The number of anilines is 2. The second kappa shape index (κ2) is 10.7. The molecule has 4 heterocycles. The first-order valence-electron chi connectivity index (χ1n) is 12.7. The number of pyridine rings is 1. The van der Waals surface area contributed by atoms with E-state index in [1.54, 1.807) is 36.4 Å². The summed E-state index contributed by atoms with van der Waals surface area (Å²) in [5.41, 5.74) is 10.0. The first-order valence-corrected chi connectivity index (χ1v) is 12.7. The molecule has 5 rings (SSSR count). The summed E-state index contributed by atoms with van der Waals surface area (Å²) in [5.74, 6) is 6.47. The van der Waals surface area contributed by atoms with Crippen molar-refractivity contribution in [3.05, 3.63) is 71.9 Å². The fraction of sp³-hybridized carbons (Fsp3) is 0.276. The molecule has 0 bridgehead atoms. The highest BCUT2D eigenvalue weighted by atomic mass is 16.2. The third-order valence-electron chi connectivity index (χ3n) is 6.68. The Morgan fingerprint density at radius 3 is 2.74 bits per heavy atom. The summed E-state index contributed by atoms with van der Waals surface area (Å²) in [6, 6.07) is 10.8. The van der Waals surface area contributed by atoms with Crippen LogP contribution in [0, 0.1) is 11.8 Å². The molecule has 38 heavy (non-hydrogen) atoms. The number of nitrogens with two attached hydrogens (primary N) is 1. The van der Waals surface area contributed by atoms with Crippen molar-refractivity contribution < 1.29 is 9.59 Å². The highest BCUT2D eigenvalue weighted by Gasteiger charge is 2.33. The zero-order chi connectivity index (χ0) is 26.6. The lowest BCUT2D eigenvalue weighted by Crippen LogP contribution is -2.30. The van der Waals surface area contributed by atoms with Gasteiger partial charge in [-0.1, -0.05) is 31.4 Å². The number of likely N-dealkylation sites (tertiary alicyclic amines) is 1. The number of nitrogens with one attached hydrogen (secondary N) is 1. The molecule has 0 radical (unpaired) electrons. The highest BCUT2D eigenvalue weighted by Crippen LogP contribution is 2.36. The molecule has 1 atom stereocenters. The number of amides is 2. The summed E-state index contributed by atoms with van der Waals surface area (Å²) in [4.78, 5) is 40.8. The van der Waals surface area contributed by atoms with Crippen LogP contribution in [0.3, 0.4) is 0 Å². The van der Waals surface area contributed by atoms with Crippen LogP contribution < -0.4 is 11.1 Å². The van der Waals surface area contributed by atoms with E-state index in [-0.39, 0.29) is 17.9 Å². The Balaban J connectivity index is 1.45. The Morgan fingerprint density at radius 2 is 1.97 bits per heavy atom. The smallest absolute Gasteiger partial charge is 0.299 e. The molecule has 1 aromatic carbocycles. The van der Waals surface area contributed by atoms with Gasteiger partial charge < -0.3 is 16.0 Å². The van der Waals surface area contributed by atoms with Gasteiger partial charge in [0.05, 0.1) is 6.04 Å². The lowest BCUT2D eigenvalue weighted by molar-refractivity contribution is -0.126. The number of imidazole rings is 1. The number of benzene rings is 1. The predicted octanol–water partition coefficient (Wildman–Crippen LogP) is 4.27. The standard InChI is InChI=1S/C29H29N7O2/c1-3-6-19-13-14-31-23(18-19)33-29(38)21-11-9-20(10-12-21)25-26-27(30)32-15-17-36(26)28(34-25)22-8-5-16-35(22)24(37)7-4-2/h9-15,17-18,22H,3,5-6,8,16H2,1-2H3,(H2,30,32)(H,31,33,38)/t22-/m0/s1. The average Bonchev–Trinajstić information content (AvgIpc) is 3.55. The van der Waals surface area contributed by atoms with E-state index in [4.69, 9.17) is 10.7 Å². The predicted molar refractivity (Wildman–Crippen MR) is 146 cm³/mol. The molecule has 0 unspecified atom stereocenters. The Kier molecular flexibility index (Phi) is 7.05. The van der Waals surface area contributed by atoms with Crippen LogP contribution in [0.1, 0.15) is 60.9 Å². The number of carbonyl (C=O) groups excluding carboxylic acids is 2. The van der Waals surface area contributed by atoms with Crippen LogP contribution in [0.5, 0.6) is 0 Å². The van der Waals surface area contributed by atoms with E-state index in [1.807, 2.05) is 34.9 Å². The largest absolute Gasteiger partial charge is 0.382 e. The van der Waals surface area contributed by atoms with Gasteiger partial charge in [0, 0.05) is 36.3 Å². The fourth-order valence-electron chi connectivity index (χ4n) is 4.94. The Hall–Kier alpha value is -4.71. The Bertz CT molecular complexity index is 1560. The van der Waals surface area contributed by atoms with Crippen molar-refractivity contribution in [3.63, 3.8) is 0 Å². The minimum absolute atomic E-state index is 0.208. The van der Waals surface area contributed by atoms with E-state index in [0.717, 1.165) is 36.8 Å². The lowest BCUT2D eigenvalue weighted by Gasteiger charge is -2.21. The number of nitrogens with zero attached hydrogens (tertiary/aromatic N) is 5. The molecule has 1 aliphatic rings. The molecule has 0 spiro atoms. The summed E-state index contributed by atoms with van der Waals surface area (Å²) in [6.07, 6.45) is 8.74. The topological polar surface area (TPSA) is 119 Å². The molecule has 0 saturated carbocycles. The molecular formula is C29H29N7O2. The van der Waals surface area contributed by atoms with Gasteiger partial charge >= 0.3 is 0 Å². The molecule has 9 nitrogen and oxygen atoms in total. The third-order valence-corrected chi connectivity index (χ3v) is 6.68. The second-order valence-electron chi connectivity index (χ2n) is 9.21. The number of aryl methyl sites for hydroxylation is 1. The van der Waals surface area contributed by atoms with E-state index in [9.17, 15) is 9.59 Å². The van der Waals surface area contributed by atoms with Gasteiger partial charge in [-0.3, -0.25) is 14.0 Å². The summed E-state index contributed by atoms with van der Waals surface area (Å²) in [6.45, 7) is 4.39. The fourth-order valence-corrected chi connectivity index (χ4v) is 4.94. The number of fused-ring (bicyclic) bond motifs is 1. The van der Waals surface area contributed by atoms with E-state index < -0.39 is 0 Å². The maximum atomic E-state index is 12.9. The molecule has 2 amide bonds. The van der Waals surface area contributed by atoms with Crippen LogP contribution in [0.2, 0.25) is 0 Å². The van der Waals surface area contributed by atoms with E-state index >= 15 is 0 Å². The molecule has 0 aliphatic carbocycles. The van der Waals surface area contributed by atoms with Crippen molar-refractivity contribution in [2.75, 3.05) is 17.6 Å². The first kappa shape index (κ1) is 25.0. The quantitative estimate of drug-likeness (QED) is 0.377. The molecule has 4 aromatic rings. The zero-order valence-corrected chi connectivity index (χ0v) is 21.4. The summed E-state index contributed by atoms with van der Waals surface area (Å²) in [5, 5.41) is 2.87. The molecule has 1 fully saturated rings. The van der Waals surface area contributed by atoms with Crippen LogP contribution >= 0.6 is 0 Å². The van der Waals surface area contributed by atoms with Gasteiger partial charge in [0.2, 0.25) is 0 Å². The Labute approximate surface area is 221 Å². The van der Waals surface area contributed by atoms with Gasteiger partial charge in [-0.15, -0.1) is 0 Å². The van der Waals surface area contributed by atoms with E-state index in [2.05, 4.69) is 34.0 Å². The highest BCUT2D eigenvalue weighted by molar-refractivity contribution is 6.04. The monoisotopic (exact) mass is 507 g/mol. The maximum Gasteiger partial charge on any atom is 0.299 e. The van der Waals surface area contributed by atoms with Crippen LogP contribution in [-0.4, -0.2) is 42.6 Å². The number of hydrogen-bond donors (Lipinski definition) is 2. The first-order chi connectivity index (χ1) is 18.5. The SMILES string of the molecule is CC#CC(=O)N1CCC[C@H]1c1nc(-c2ccc(C(=O)Nc3cc(CCC)ccn3)cc2)c2c(N)nccn12. The minimum atomic E-state index is -0.244. The van der Waals surface area contributed by atoms with Gasteiger partial charge in [0.15, 0.2) is 0 Å². The zero-order valence-electron chi connectivity index (χ0n) is 21.4. The van der Waals surface area contributed by atoms with Crippen LogP contribution in [-0.2, 0) is 11.2 Å². The van der Waals surface area contributed by atoms with Gasteiger partial charge in [-0.2, -0.15) is 0 Å². The molecule has 3 N–H and O–H groups in total. The van der Waals surface area contributed by atoms with E-state index in [0.29, 0.717) is 40.8 Å². The van der Waals surface area contributed by atoms with Crippen LogP contribution in [0.4, 0.5) is 11.6 Å². The summed E-state index contributed by atoms with van der Waals surface area (Å²) >= 11 is 0. The number of nitrogen functional groups attached to an aromatic ring is 1. The van der Waals surface area contributed by atoms with Gasteiger partial charge in [-0.05, 0) is 61.9 Å². The molecule has 9 heteroatoms. The Morgan fingerprint density at radius 1 is 1.16 bits per heavy atom. The molecule has 1 saturated heterocycles. The van der Waals surface area contributed by atoms with Gasteiger partial charge in [-0.25, -0.2) is 15.0 Å². The number of carbonyl (C=O) groups is 2. The summed E-state index contributed by atoms with van der Waals surface area (Å²) in [7, 11) is 0. The molecule has 1 aliphatic heterocycles. The third kappa shape index (κ3) is 4.81. The van der Waals surface area contributed by atoms with Crippen molar-refractivity contribution in [2.45, 2.75) is 45.6 Å². The molecule has 3 aromatic heterocycles. The molecular weight excluding hydrogens is 478 g/mol. The van der Waals surface area contributed by atoms with Crippen molar-refractivity contribution in [2.24, 2.45) is 0 Å². The summed E-state index contributed by atoms with van der Waals surface area (Å²) < 4.78 is 1.91. The normalized spacial score (nSPS) is 14.8. The van der Waals surface area contributed by atoms with Crippen molar-refractivity contribution >= 4 is 29.0 Å². The van der Waals surface area contributed by atoms with Crippen molar-refractivity contribution in [3.8, 4) is 23.1 Å². The van der Waals surface area contributed by atoms with Gasteiger partial charge in [0.1, 0.15) is 28.7 Å². The number of aromatic nitrogens is 4. The van der Waals surface area contributed by atoms with Crippen LogP contribution in [0.15, 0.2) is 55.0 Å². The van der Waals surface area contributed by atoms with Crippen molar-refractivity contribution in [1.29, 1.82) is 0 Å². The van der Waals surface area contributed by atoms with Crippen molar-refractivity contribution in [1.82, 2.24) is 24.3 Å². The molecule has 192 valence electrons. The van der Waals surface area contributed by atoms with Crippen LogP contribution in [0.25, 0.3) is 16.8 Å². The number of rotatable bonds is 6. The lowest BCUT2D eigenvalue weighted by atomic mass is 10.1.